The van der Waals surface area contributed by atoms with Crippen LogP contribution in [0, 0.1) is 28.6 Å². The molecule has 0 saturated heterocycles. The van der Waals surface area contributed by atoms with E-state index in [2.05, 4.69) is 49.5 Å². The minimum Gasteiger partial charge on any atom is -0.345 e. The highest BCUT2D eigenvalue weighted by atomic mass is 16.2. The van der Waals surface area contributed by atoms with Gasteiger partial charge in [-0.3, -0.25) is 9.59 Å². The molecule has 0 spiro atoms. The van der Waals surface area contributed by atoms with Crippen molar-refractivity contribution in [3.8, 4) is 0 Å². The number of hydrogen-bond acceptors (Lipinski definition) is 2. The van der Waals surface area contributed by atoms with Crippen LogP contribution >= 0.6 is 0 Å². The van der Waals surface area contributed by atoms with E-state index in [1.807, 2.05) is 48.3 Å². The molecule has 1 heterocycles. The third-order valence-corrected chi connectivity index (χ3v) is 11.0. The summed E-state index contributed by atoms with van der Waals surface area (Å²) < 4.78 is 0. The van der Waals surface area contributed by atoms with Crippen LogP contribution in [0.25, 0.3) is 0 Å². The Labute approximate surface area is 227 Å². The van der Waals surface area contributed by atoms with Crippen LogP contribution in [0.3, 0.4) is 0 Å². The van der Waals surface area contributed by atoms with Gasteiger partial charge in [0.2, 0.25) is 0 Å². The number of likely N-dealkylation sites (N-methyl/N-ethyl adjacent to an activating group) is 1. The molecule has 2 aromatic rings. The molecule has 0 radical (unpaired) electrons. The number of carbonyl (C=O) groups is 2. The Hall–Kier alpha value is -2.88. The lowest BCUT2D eigenvalue weighted by Gasteiger charge is -2.60. The summed E-state index contributed by atoms with van der Waals surface area (Å²) in [6.45, 7) is 4.87. The quantitative estimate of drug-likeness (QED) is 0.468. The number of fused-ring (bicyclic) bond motifs is 5. The summed E-state index contributed by atoms with van der Waals surface area (Å²) in [6, 6.07) is 20.3. The second-order valence-electron chi connectivity index (χ2n) is 13.0. The molecule has 200 valence electrons. The summed E-state index contributed by atoms with van der Waals surface area (Å²) in [4.78, 5) is 29.4. The monoisotopic (exact) mass is 510 g/mol. The minimum atomic E-state index is -0.241. The maximum absolute atomic E-state index is 13.9. The van der Waals surface area contributed by atoms with E-state index in [9.17, 15) is 9.59 Å². The Morgan fingerprint density at radius 3 is 2.39 bits per heavy atom. The Balaban J connectivity index is 1.31. The zero-order valence-corrected chi connectivity index (χ0v) is 23.2. The molecule has 1 aliphatic heterocycles. The molecule has 2 unspecified atom stereocenters. The Kier molecular flexibility index (Phi) is 6.48. The maximum atomic E-state index is 13.9. The lowest BCUT2D eigenvalue weighted by molar-refractivity contribution is -0.141. The van der Waals surface area contributed by atoms with Gasteiger partial charge in [0.05, 0.1) is 6.04 Å². The van der Waals surface area contributed by atoms with Gasteiger partial charge in [-0.05, 0) is 79.2 Å². The molecule has 0 aromatic heterocycles. The number of nitrogens with one attached hydrogen (secondary N) is 1. The molecule has 38 heavy (non-hydrogen) atoms. The predicted molar refractivity (Wildman–Crippen MR) is 151 cm³/mol. The molecular formula is C34H42N2O2. The summed E-state index contributed by atoms with van der Waals surface area (Å²) in [5, 5.41) is 3.28. The molecule has 7 atom stereocenters. The first kappa shape index (κ1) is 25.4. The fourth-order valence-electron chi connectivity index (χ4n) is 9.07. The van der Waals surface area contributed by atoms with Crippen molar-refractivity contribution in [3.05, 3.63) is 83.4 Å². The lowest BCUT2D eigenvalue weighted by Crippen LogP contribution is -2.61. The second-order valence-corrected chi connectivity index (χ2v) is 13.0. The molecule has 4 aliphatic rings. The smallest absolute Gasteiger partial charge is 0.259 e. The van der Waals surface area contributed by atoms with E-state index in [1.54, 1.807) is 0 Å². The van der Waals surface area contributed by atoms with Crippen molar-refractivity contribution in [3.63, 3.8) is 0 Å². The molecular weight excluding hydrogens is 468 g/mol. The van der Waals surface area contributed by atoms with Crippen LogP contribution in [0.2, 0.25) is 0 Å². The molecule has 1 N–H and O–H groups in total. The molecule has 3 fully saturated rings. The molecule has 3 saturated carbocycles. The van der Waals surface area contributed by atoms with E-state index < -0.39 is 0 Å². The Morgan fingerprint density at radius 1 is 0.947 bits per heavy atom. The van der Waals surface area contributed by atoms with Crippen LogP contribution < -0.4 is 5.32 Å². The molecule has 6 rings (SSSR count). The van der Waals surface area contributed by atoms with Gasteiger partial charge in [-0.25, -0.2) is 0 Å². The van der Waals surface area contributed by atoms with E-state index in [4.69, 9.17) is 0 Å². The van der Waals surface area contributed by atoms with Gasteiger partial charge in [0.1, 0.15) is 5.57 Å². The first-order valence-corrected chi connectivity index (χ1v) is 14.7. The third kappa shape index (κ3) is 4.21. The SMILES string of the molecule is CN1C(=O)C(C(=O)NC(Cc2ccccc2)c2ccccc2)=C[C@@]2(C)C1CC[C@@H]1[C@H]2CC[C@]2(C)CCC[C@@H]12. The largest absolute Gasteiger partial charge is 0.345 e. The van der Waals surface area contributed by atoms with E-state index in [0.717, 1.165) is 23.5 Å². The average molecular weight is 511 g/mol. The lowest BCUT2D eigenvalue weighted by atomic mass is 9.48. The van der Waals surface area contributed by atoms with Crippen LogP contribution in [-0.2, 0) is 16.0 Å². The first-order valence-electron chi connectivity index (χ1n) is 14.7. The number of benzene rings is 2. The number of nitrogens with zero attached hydrogens (tertiary/aromatic N) is 1. The third-order valence-electron chi connectivity index (χ3n) is 11.0. The number of carbonyl (C=O) groups excluding carboxylic acids is 2. The number of rotatable bonds is 5. The fraction of sp³-hybridized carbons (Fsp3) is 0.529. The average Bonchev–Trinajstić information content (AvgIpc) is 3.33. The van der Waals surface area contributed by atoms with E-state index >= 15 is 0 Å². The highest BCUT2D eigenvalue weighted by molar-refractivity contribution is 6.19. The van der Waals surface area contributed by atoms with Crippen molar-refractivity contribution in [2.45, 2.75) is 77.3 Å². The van der Waals surface area contributed by atoms with E-state index in [1.165, 1.54) is 38.5 Å². The van der Waals surface area contributed by atoms with Gasteiger partial charge >= 0.3 is 0 Å². The Morgan fingerprint density at radius 2 is 1.66 bits per heavy atom. The summed E-state index contributed by atoms with van der Waals surface area (Å²) >= 11 is 0. The molecule has 4 nitrogen and oxygen atoms in total. The molecule has 0 bridgehead atoms. The highest BCUT2D eigenvalue weighted by Gasteiger charge is 2.59. The topological polar surface area (TPSA) is 49.4 Å². The van der Waals surface area contributed by atoms with Crippen molar-refractivity contribution in [1.82, 2.24) is 10.2 Å². The maximum Gasteiger partial charge on any atom is 0.259 e. The van der Waals surface area contributed by atoms with Crippen LogP contribution in [0.15, 0.2) is 72.3 Å². The minimum absolute atomic E-state index is 0.128. The van der Waals surface area contributed by atoms with Crippen molar-refractivity contribution in [1.29, 1.82) is 0 Å². The highest BCUT2D eigenvalue weighted by Crippen LogP contribution is 2.64. The van der Waals surface area contributed by atoms with Gasteiger partial charge in [0, 0.05) is 18.5 Å². The van der Waals surface area contributed by atoms with Crippen LogP contribution in [-0.4, -0.2) is 29.8 Å². The Bertz CT molecular complexity index is 1220. The standard InChI is InChI=1S/C34H42N2O2/c1-33-19-10-15-27(33)25-16-17-30-34(2,28(25)18-20-33)22-26(32(38)36(30)3)31(37)35-29(24-13-8-5-9-14-24)21-23-11-6-4-7-12-23/h4-9,11-14,22,25,27-30H,10,15-21H2,1-3H3,(H,35,37)/t25-,27-,28+,29?,30?,33-,34+/m0/s1. The van der Waals surface area contributed by atoms with Gasteiger partial charge in [-0.1, -0.05) is 87.0 Å². The zero-order chi connectivity index (χ0) is 26.5. The van der Waals surface area contributed by atoms with Gasteiger partial charge < -0.3 is 10.2 Å². The van der Waals surface area contributed by atoms with Crippen LogP contribution in [0.1, 0.15) is 76.0 Å². The van der Waals surface area contributed by atoms with Gasteiger partial charge in [0.25, 0.3) is 11.8 Å². The summed E-state index contributed by atoms with van der Waals surface area (Å²) in [5.41, 5.74) is 2.87. The van der Waals surface area contributed by atoms with E-state index in [0.29, 0.717) is 29.2 Å². The van der Waals surface area contributed by atoms with Gasteiger partial charge in [-0.15, -0.1) is 0 Å². The van der Waals surface area contributed by atoms with Crippen LogP contribution in [0.5, 0.6) is 0 Å². The molecule has 2 amide bonds. The normalized spacial score (nSPS) is 35.0. The van der Waals surface area contributed by atoms with Crippen molar-refractivity contribution < 1.29 is 9.59 Å². The summed E-state index contributed by atoms with van der Waals surface area (Å²) in [6.07, 6.45) is 11.6. The summed E-state index contributed by atoms with van der Waals surface area (Å²) in [7, 11) is 1.92. The number of amides is 2. The van der Waals surface area contributed by atoms with Crippen molar-refractivity contribution in [2.24, 2.45) is 28.6 Å². The first-order chi connectivity index (χ1) is 18.3. The van der Waals surface area contributed by atoms with Crippen molar-refractivity contribution >= 4 is 11.8 Å². The molecule has 3 aliphatic carbocycles. The summed E-state index contributed by atoms with van der Waals surface area (Å²) in [5.74, 6) is 1.66. The van der Waals surface area contributed by atoms with Crippen molar-refractivity contribution in [2.75, 3.05) is 7.05 Å². The van der Waals surface area contributed by atoms with Gasteiger partial charge in [-0.2, -0.15) is 0 Å². The molecule has 2 aromatic carbocycles. The fourth-order valence-corrected chi connectivity index (χ4v) is 9.07. The second kappa shape index (κ2) is 9.70. The zero-order valence-electron chi connectivity index (χ0n) is 23.2. The van der Waals surface area contributed by atoms with E-state index in [-0.39, 0.29) is 29.3 Å². The van der Waals surface area contributed by atoms with Crippen LogP contribution in [0.4, 0.5) is 0 Å². The van der Waals surface area contributed by atoms with Gasteiger partial charge in [0.15, 0.2) is 0 Å². The number of hydrogen-bond donors (Lipinski definition) is 1. The molecule has 4 heteroatoms. The predicted octanol–water partition coefficient (Wildman–Crippen LogP) is 6.49.